The summed E-state index contributed by atoms with van der Waals surface area (Å²) in [7, 11) is 0. The number of carbonyl (C=O) groups is 2. The second-order valence-corrected chi connectivity index (χ2v) is 2.36. The highest BCUT2D eigenvalue weighted by molar-refractivity contribution is 5.80. The van der Waals surface area contributed by atoms with E-state index in [4.69, 9.17) is 16.6 Å². The molecule has 0 aliphatic rings. The highest BCUT2D eigenvalue weighted by Crippen LogP contribution is 2.09. The fraction of sp³-hybridized carbons (Fsp3) is 0.667. The van der Waals surface area contributed by atoms with Gasteiger partial charge in [-0.25, -0.2) is 4.79 Å². The number of aliphatic carboxylic acids is 1. The van der Waals surface area contributed by atoms with E-state index in [1.807, 2.05) is 0 Å². The molecule has 0 aliphatic heterocycles. The lowest BCUT2D eigenvalue weighted by Gasteiger charge is -2.25. The molecule has 13 heavy (non-hydrogen) atoms. The van der Waals surface area contributed by atoms with Crippen LogP contribution in [0.25, 0.3) is 0 Å². The summed E-state index contributed by atoms with van der Waals surface area (Å²) < 4.78 is 4.18. The number of rotatable bonds is 4. The summed E-state index contributed by atoms with van der Waals surface area (Å²) in [4.78, 5) is 21.1. The van der Waals surface area contributed by atoms with Gasteiger partial charge in [-0.2, -0.15) is 0 Å². The van der Waals surface area contributed by atoms with Gasteiger partial charge in [0.15, 0.2) is 0 Å². The summed E-state index contributed by atoms with van der Waals surface area (Å²) in [6, 6.07) is 0. The molecule has 0 aromatic carbocycles. The topological polar surface area (TPSA) is 136 Å². The van der Waals surface area contributed by atoms with E-state index >= 15 is 0 Å². The molecule has 7 nitrogen and oxygen atoms in total. The largest absolute Gasteiger partial charge is 0.476 e. The van der Waals surface area contributed by atoms with Crippen molar-refractivity contribution in [3.63, 3.8) is 0 Å². The molecule has 0 radical (unpaired) electrons. The summed E-state index contributed by atoms with van der Waals surface area (Å²) in [5.74, 6) is -5.55. The van der Waals surface area contributed by atoms with Gasteiger partial charge < -0.3 is 26.4 Å². The zero-order valence-corrected chi connectivity index (χ0v) is 7.06. The first kappa shape index (κ1) is 11.8. The van der Waals surface area contributed by atoms with Crippen molar-refractivity contribution in [1.82, 2.24) is 0 Å². The lowest BCUT2D eigenvalue weighted by Crippen LogP contribution is -2.61. The highest BCUT2D eigenvalue weighted by Gasteiger charge is 2.45. The minimum absolute atomic E-state index is 0.0810. The van der Waals surface area contributed by atoms with Crippen LogP contribution in [-0.4, -0.2) is 34.1 Å². The first-order valence-electron chi connectivity index (χ1n) is 3.53. The van der Waals surface area contributed by atoms with Crippen LogP contribution in [0.3, 0.4) is 0 Å². The minimum atomic E-state index is -2.85. The molecule has 0 aromatic heterocycles. The van der Waals surface area contributed by atoms with Crippen LogP contribution in [0, 0.1) is 0 Å². The van der Waals surface area contributed by atoms with Crippen molar-refractivity contribution >= 4 is 11.9 Å². The van der Waals surface area contributed by atoms with Crippen molar-refractivity contribution < 1.29 is 24.5 Å². The molecular weight excluding hydrogens is 180 g/mol. The summed E-state index contributed by atoms with van der Waals surface area (Å²) in [6.07, 6.45) is -1.78. The van der Waals surface area contributed by atoms with Crippen molar-refractivity contribution in [2.75, 3.05) is 0 Å². The van der Waals surface area contributed by atoms with Gasteiger partial charge in [0.1, 0.15) is 6.17 Å². The predicted octanol–water partition coefficient (Wildman–Crippen LogP) is -2.04. The molecule has 0 saturated carbocycles. The quantitative estimate of drug-likeness (QED) is 0.297. The minimum Gasteiger partial charge on any atom is -0.476 e. The number of carboxylic acids is 1. The Kier molecular flexibility index (Phi) is 3.79. The molecular formula is C6H12N2O5. The van der Waals surface area contributed by atoms with Gasteiger partial charge in [-0.1, -0.05) is 6.92 Å². The lowest BCUT2D eigenvalue weighted by molar-refractivity contribution is -0.229. The van der Waals surface area contributed by atoms with Crippen LogP contribution < -0.4 is 11.5 Å². The summed E-state index contributed by atoms with van der Waals surface area (Å²) in [5, 5.41) is 17.6. The average Bonchev–Trinajstić information content (AvgIpc) is 2.03. The van der Waals surface area contributed by atoms with Crippen molar-refractivity contribution in [3.05, 3.63) is 0 Å². The Balaban J connectivity index is 4.61. The van der Waals surface area contributed by atoms with E-state index in [1.165, 1.54) is 6.92 Å². The third-order valence-electron chi connectivity index (χ3n) is 1.32. The maximum Gasteiger partial charge on any atom is 0.380 e. The smallest absolute Gasteiger partial charge is 0.380 e. The number of esters is 1. The molecule has 0 heterocycles. The van der Waals surface area contributed by atoms with E-state index in [9.17, 15) is 14.7 Å². The first-order valence-corrected chi connectivity index (χ1v) is 3.53. The van der Waals surface area contributed by atoms with Crippen molar-refractivity contribution in [2.45, 2.75) is 25.3 Å². The molecule has 7 heteroatoms. The number of hydrogen-bond acceptors (Lipinski definition) is 6. The molecule has 0 fully saturated rings. The van der Waals surface area contributed by atoms with Crippen LogP contribution in [0.1, 0.15) is 13.3 Å². The number of hydrogen-bond donors (Lipinski definition) is 4. The van der Waals surface area contributed by atoms with Gasteiger partial charge in [0.2, 0.25) is 0 Å². The number of carbonyl (C=O) groups excluding carboxylic acids is 1. The maximum atomic E-state index is 10.7. The third kappa shape index (κ3) is 2.65. The second-order valence-electron chi connectivity index (χ2n) is 2.36. The molecule has 0 aliphatic carbocycles. The van der Waals surface area contributed by atoms with Gasteiger partial charge in [-0.15, -0.1) is 0 Å². The van der Waals surface area contributed by atoms with Crippen molar-refractivity contribution in [1.29, 1.82) is 0 Å². The van der Waals surface area contributed by atoms with Crippen LogP contribution in [0.5, 0.6) is 0 Å². The maximum absolute atomic E-state index is 10.7. The van der Waals surface area contributed by atoms with Crippen LogP contribution >= 0.6 is 0 Å². The monoisotopic (exact) mass is 192 g/mol. The van der Waals surface area contributed by atoms with Crippen LogP contribution in [0.4, 0.5) is 0 Å². The molecule has 0 amide bonds. The Morgan fingerprint density at radius 1 is 1.54 bits per heavy atom. The Hall–Kier alpha value is -1.18. The Morgan fingerprint density at radius 2 is 2.00 bits per heavy atom. The second kappa shape index (κ2) is 4.17. The molecule has 0 bridgehead atoms. The molecule has 0 aromatic rings. The number of nitrogens with two attached hydrogens (primary N) is 2. The van der Waals surface area contributed by atoms with E-state index in [-0.39, 0.29) is 6.42 Å². The van der Waals surface area contributed by atoms with Crippen LogP contribution in [-0.2, 0) is 14.3 Å². The molecule has 0 unspecified atom stereocenters. The third-order valence-corrected chi connectivity index (χ3v) is 1.32. The van der Waals surface area contributed by atoms with E-state index in [0.29, 0.717) is 0 Å². The van der Waals surface area contributed by atoms with Crippen LogP contribution in [0.15, 0.2) is 0 Å². The first-order chi connectivity index (χ1) is 5.84. The van der Waals surface area contributed by atoms with E-state index in [1.54, 1.807) is 0 Å². The normalized spacial score (nSPS) is 15.2. The van der Waals surface area contributed by atoms with Crippen LogP contribution in [0.2, 0.25) is 0 Å². The van der Waals surface area contributed by atoms with Crippen molar-refractivity contribution in [2.24, 2.45) is 11.5 Å². The standard InChI is InChI=1S/C6H12N2O5/c1-2-3(9)13-6(12,4(7)8)5(10)11/h4,12H,2,7-8H2,1H3,(H,10,11)/t6-/m0/s1. The molecule has 0 saturated heterocycles. The molecule has 1 atom stereocenters. The SMILES string of the molecule is CCC(=O)O[C@](O)(C(=O)O)C(N)N. The van der Waals surface area contributed by atoms with Gasteiger partial charge in [-0.05, 0) is 0 Å². The highest BCUT2D eigenvalue weighted by atomic mass is 16.7. The zero-order valence-electron chi connectivity index (χ0n) is 7.06. The van der Waals surface area contributed by atoms with E-state index < -0.39 is 23.9 Å². The average molecular weight is 192 g/mol. The molecule has 0 spiro atoms. The van der Waals surface area contributed by atoms with Gasteiger partial charge in [0.05, 0.1) is 0 Å². The lowest BCUT2D eigenvalue weighted by atomic mass is 10.2. The van der Waals surface area contributed by atoms with Gasteiger partial charge in [-0.3, -0.25) is 4.79 Å². The van der Waals surface area contributed by atoms with E-state index in [2.05, 4.69) is 4.74 Å². The number of ether oxygens (including phenoxy) is 1. The van der Waals surface area contributed by atoms with Crippen molar-refractivity contribution in [3.8, 4) is 0 Å². The molecule has 6 N–H and O–H groups in total. The Labute approximate surface area is 74.3 Å². The van der Waals surface area contributed by atoms with Gasteiger partial charge in [0, 0.05) is 6.42 Å². The summed E-state index contributed by atoms with van der Waals surface area (Å²) in [5.41, 5.74) is 9.89. The van der Waals surface area contributed by atoms with Gasteiger partial charge >= 0.3 is 17.7 Å². The fourth-order valence-electron chi connectivity index (χ4n) is 0.500. The van der Waals surface area contributed by atoms with E-state index in [0.717, 1.165) is 0 Å². The predicted molar refractivity (Wildman–Crippen MR) is 41.1 cm³/mol. The van der Waals surface area contributed by atoms with Gasteiger partial charge in [0.25, 0.3) is 0 Å². The Morgan fingerprint density at radius 3 is 2.23 bits per heavy atom. The zero-order chi connectivity index (χ0) is 10.6. The molecule has 0 rings (SSSR count). The summed E-state index contributed by atoms with van der Waals surface area (Å²) in [6.45, 7) is 1.44. The Bertz CT molecular complexity index is 217. The number of carboxylic acid groups (broad SMARTS) is 1. The summed E-state index contributed by atoms with van der Waals surface area (Å²) >= 11 is 0. The fourth-order valence-corrected chi connectivity index (χ4v) is 0.500. The molecule has 76 valence electrons. The number of aliphatic hydroxyl groups is 1.